The third kappa shape index (κ3) is 3.95. The average Bonchev–Trinajstić information content (AvgIpc) is 2.50. The van der Waals surface area contributed by atoms with Gasteiger partial charge in [0, 0.05) is 13.1 Å². The summed E-state index contributed by atoms with van der Waals surface area (Å²) in [4.78, 5) is 2.63. The van der Waals surface area contributed by atoms with Crippen LogP contribution >= 0.6 is 12.4 Å². The van der Waals surface area contributed by atoms with Crippen LogP contribution in [-0.2, 0) is 4.74 Å². The smallest absolute Gasteiger partial charge is 0.0664 e. The molecule has 2 aliphatic heterocycles. The summed E-state index contributed by atoms with van der Waals surface area (Å²) in [5.74, 6) is 0.852. The first kappa shape index (κ1) is 15.8. The highest BCUT2D eigenvalue weighted by molar-refractivity contribution is 5.85. The van der Waals surface area contributed by atoms with Crippen LogP contribution in [0.1, 0.15) is 24.4 Å². The van der Waals surface area contributed by atoms with Crippen molar-refractivity contribution in [3.63, 3.8) is 0 Å². The number of nitrogens with one attached hydrogen (secondary N) is 1. The number of nitrogens with zero attached hydrogens (tertiary/aromatic N) is 1. The first-order valence-electron chi connectivity index (χ1n) is 7.51. The molecule has 0 spiro atoms. The third-order valence-corrected chi connectivity index (χ3v) is 4.38. The zero-order valence-corrected chi connectivity index (χ0v) is 12.8. The molecule has 3 nitrogen and oxygen atoms in total. The number of morpholine rings is 1. The van der Waals surface area contributed by atoms with Gasteiger partial charge < -0.3 is 10.1 Å². The maximum atomic E-state index is 5.70. The van der Waals surface area contributed by atoms with E-state index >= 15 is 0 Å². The van der Waals surface area contributed by atoms with Gasteiger partial charge in [-0.05, 0) is 37.4 Å². The Hall–Kier alpha value is -0.610. The largest absolute Gasteiger partial charge is 0.378 e. The lowest BCUT2D eigenvalue weighted by atomic mass is 9.95. The number of piperidine rings is 1. The van der Waals surface area contributed by atoms with Crippen molar-refractivity contribution in [2.45, 2.75) is 18.9 Å². The Morgan fingerprint density at radius 3 is 2.65 bits per heavy atom. The molecule has 3 rings (SSSR count). The predicted octanol–water partition coefficient (Wildman–Crippen LogP) is 2.48. The second-order valence-electron chi connectivity index (χ2n) is 5.69. The maximum absolute atomic E-state index is 5.70. The van der Waals surface area contributed by atoms with E-state index in [-0.39, 0.29) is 12.4 Å². The maximum Gasteiger partial charge on any atom is 0.0664 e. The quantitative estimate of drug-likeness (QED) is 0.927. The highest BCUT2D eigenvalue weighted by Crippen LogP contribution is 2.26. The van der Waals surface area contributed by atoms with E-state index in [1.807, 2.05) is 0 Å². The van der Waals surface area contributed by atoms with Gasteiger partial charge in [0.25, 0.3) is 0 Å². The zero-order valence-electron chi connectivity index (χ0n) is 12.0. The van der Waals surface area contributed by atoms with Crippen molar-refractivity contribution in [3.05, 3.63) is 35.9 Å². The molecule has 1 unspecified atom stereocenters. The Morgan fingerprint density at radius 2 is 1.90 bits per heavy atom. The summed E-state index contributed by atoms with van der Waals surface area (Å²) < 4.78 is 5.70. The number of benzene rings is 1. The minimum absolute atomic E-state index is 0. The van der Waals surface area contributed by atoms with Gasteiger partial charge in [0.2, 0.25) is 0 Å². The minimum atomic E-state index is 0. The van der Waals surface area contributed by atoms with Crippen molar-refractivity contribution < 1.29 is 4.74 Å². The fraction of sp³-hybridized carbons (Fsp3) is 0.625. The Balaban J connectivity index is 0.00000147. The predicted molar refractivity (Wildman–Crippen MR) is 84.4 cm³/mol. The molecule has 20 heavy (non-hydrogen) atoms. The zero-order chi connectivity index (χ0) is 12.9. The SMILES string of the molecule is Cl.c1ccc(C2COCCN2CC2CCNCC2)cc1. The molecule has 0 aromatic heterocycles. The summed E-state index contributed by atoms with van der Waals surface area (Å²) in [5, 5.41) is 3.45. The average molecular weight is 297 g/mol. The summed E-state index contributed by atoms with van der Waals surface area (Å²) in [7, 11) is 0. The summed E-state index contributed by atoms with van der Waals surface area (Å²) in [6.07, 6.45) is 2.64. The van der Waals surface area contributed by atoms with Crippen LogP contribution in [0.15, 0.2) is 30.3 Å². The normalized spacial score (nSPS) is 25.1. The molecule has 1 aromatic carbocycles. The van der Waals surface area contributed by atoms with E-state index in [9.17, 15) is 0 Å². The first-order valence-corrected chi connectivity index (χ1v) is 7.51. The lowest BCUT2D eigenvalue weighted by Gasteiger charge is -2.39. The van der Waals surface area contributed by atoms with Crippen LogP contribution in [0.2, 0.25) is 0 Å². The number of hydrogen-bond acceptors (Lipinski definition) is 3. The van der Waals surface area contributed by atoms with Crippen LogP contribution in [0.4, 0.5) is 0 Å². The molecule has 0 bridgehead atoms. The van der Waals surface area contributed by atoms with E-state index < -0.39 is 0 Å². The van der Waals surface area contributed by atoms with E-state index in [1.165, 1.54) is 38.0 Å². The Morgan fingerprint density at radius 1 is 1.15 bits per heavy atom. The van der Waals surface area contributed by atoms with Crippen LogP contribution in [-0.4, -0.2) is 44.3 Å². The summed E-state index contributed by atoms with van der Waals surface area (Å²) >= 11 is 0. The van der Waals surface area contributed by atoms with E-state index in [0.717, 1.165) is 25.7 Å². The molecule has 2 heterocycles. The van der Waals surface area contributed by atoms with Crippen LogP contribution in [0.5, 0.6) is 0 Å². The molecule has 112 valence electrons. The molecule has 0 radical (unpaired) electrons. The molecule has 0 saturated carbocycles. The lowest BCUT2D eigenvalue weighted by Crippen LogP contribution is -2.43. The van der Waals surface area contributed by atoms with Crippen LogP contribution in [0.3, 0.4) is 0 Å². The van der Waals surface area contributed by atoms with Crippen molar-refractivity contribution in [2.24, 2.45) is 5.92 Å². The molecule has 2 aliphatic rings. The highest BCUT2D eigenvalue weighted by atomic mass is 35.5. The summed E-state index contributed by atoms with van der Waals surface area (Å²) in [6.45, 7) is 6.40. The molecule has 2 saturated heterocycles. The molecular formula is C16H25ClN2O. The van der Waals surface area contributed by atoms with Crippen molar-refractivity contribution in [1.82, 2.24) is 10.2 Å². The fourth-order valence-corrected chi connectivity index (χ4v) is 3.23. The van der Waals surface area contributed by atoms with Crippen molar-refractivity contribution in [3.8, 4) is 0 Å². The molecule has 0 amide bonds. The van der Waals surface area contributed by atoms with Crippen LogP contribution < -0.4 is 5.32 Å². The molecule has 4 heteroatoms. The molecule has 0 aliphatic carbocycles. The van der Waals surface area contributed by atoms with Crippen molar-refractivity contribution in [2.75, 3.05) is 39.4 Å². The summed E-state index contributed by atoms with van der Waals surface area (Å²) in [5.41, 5.74) is 1.40. The van der Waals surface area contributed by atoms with Crippen molar-refractivity contribution >= 4 is 12.4 Å². The van der Waals surface area contributed by atoms with Crippen LogP contribution in [0.25, 0.3) is 0 Å². The summed E-state index contributed by atoms with van der Waals surface area (Å²) in [6, 6.07) is 11.3. The van der Waals surface area contributed by atoms with E-state index in [1.54, 1.807) is 0 Å². The fourth-order valence-electron chi connectivity index (χ4n) is 3.23. The molecule has 1 N–H and O–H groups in total. The van der Waals surface area contributed by atoms with Crippen molar-refractivity contribution in [1.29, 1.82) is 0 Å². The molecule has 2 fully saturated rings. The van der Waals surface area contributed by atoms with Gasteiger partial charge in [-0.2, -0.15) is 0 Å². The first-order chi connectivity index (χ1) is 9.43. The van der Waals surface area contributed by atoms with E-state index in [0.29, 0.717) is 6.04 Å². The van der Waals surface area contributed by atoms with Gasteiger partial charge in [-0.3, -0.25) is 4.90 Å². The van der Waals surface area contributed by atoms with Gasteiger partial charge >= 0.3 is 0 Å². The highest BCUT2D eigenvalue weighted by Gasteiger charge is 2.27. The Bertz CT molecular complexity index is 381. The monoisotopic (exact) mass is 296 g/mol. The van der Waals surface area contributed by atoms with Gasteiger partial charge in [-0.15, -0.1) is 12.4 Å². The van der Waals surface area contributed by atoms with Gasteiger partial charge in [0.05, 0.1) is 19.3 Å². The number of hydrogen-bond donors (Lipinski definition) is 1. The number of ether oxygens (including phenoxy) is 1. The molecular weight excluding hydrogens is 272 g/mol. The van der Waals surface area contributed by atoms with E-state index in [2.05, 4.69) is 40.5 Å². The lowest BCUT2D eigenvalue weighted by molar-refractivity contribution is -0.0172. The Labute approximate surface area is 128 Å². The molecule has 1 atom stereocenters. The standard InChI is InChI=1S/C16H24N2O.ClH/c1-2-4-15(5-3-1)16-13-19-11-10-18(16)12-14-6-8-17-9-7-14;/h1-5,14,16-17H,6-13H2;1H. The van der Waals surface area contributed by atoms with E-state index in [4.69, 9.17) is 4.74 Å². The second-order valence-corrected chi connectivity index (χ2v) is 5.69. The third-order valence-electron chi connectivity index (χ3n) is 4.38. The van der Waals surface area contributed by atoms with Gasteiger partial charge in [-0.1, -0.05) is 30.3 Å². The topological polar surface area (TPSA) is 24.5 Å². The van der Waals surface area contributed by atoms with Gasteiger partial charge in [0.1, 0.15) is 0 Å². The van der Waals surface area contributed by atoms with Gasteiger partial charge in [0.15, 0.2) is 0 Å². The van der Waals surface area contributed by atoms with Gasteiger partial charge in [-0.25, -0.2) is 0 Å². The minimum Gasteiger partial charge on any atom is -0.378 e. The Kier molecular flexibility index (Phi) is 6.30. The number of halogens is 1. The van der Waals surface area contributed by atoms with Crippen LogP contribution in [0, 0.1) is 5.92 Å². The second kappa shape index (κ2) is 7.99. The molecule has 1 aromatic rings. The number of rotatable bonds is 3.